The number of hydrogen-bond acceptors (Lipinski definition) is 4. The molecule has 2 N–H and O–H groups in total. The zero-order chi connectivity index (χ0) is 9.26. The highest BCUT2D eigenvalue weighted by Crippen LogP contribution is 2.30. The van der Waals surface area contributed by atoms with Gasteiger partial charge in [0.15, 0.2) is 0 Å². The van der Waals surface area contributed by atoms with Crippen molar-refractivity contribution in [2.24, 2.45) is 12.8 Å². The lowest BCUT2D eigenvalue weighted by Gasteiger charge is -2.08. The summed E-state index contributed by atoms with van der Waals surface area (Å²) in [5, 5.41) is 7.88. The first-order valence-electron chi connectivity index (χ1n) is 4.51. The molecule has 0 saturated carbocycles. The van der Waals surface area contributed by atoms with Gasteiger partial charge in [-0.3, -0.25) is 4.68 Å². The van der Waals surface area contributed by atoms with Crippen molar-refractivity contribution in [2.45, 2.75) is 25.0 Å². The van der Waals surface area contributed by atoms with E-state index < -0.39 is 0 Å². The fraction of sp³-hybridized carbons (Fsp3) is 0.750. The monoisotopic (exact) mass is 182 g/mol. The molecule has 1 fully saturated rings. The average Bonchev–Trinajstić information content (AvgIpc) is 2.71. The Kier molecular flexibility index (Phi) is 2.28. The van der Waals surface area contributed by atoms with Crippen molar-refractivity contribution in [1.29, 1.82) is 0 Å². The summed E-state index contributed by atoms with van der Waals surface area (Å²) >= 11 is 0. The molecule has 1 aromatic rings. The molecule has 1 aliphatic heterocycles. The molecule has 1 saturated heterocycles. The first kappa shape index (κ1) is 8.65. The van der Waals surface area contributed by atoms with Gasteiger partial charge in [-0.05, 0) is 12.8 Å². The topological polar surface area (TPSA) is 66.0 Å². The van der Waals surface area contributed by atoms with Gasteiger partial charge < -0.3 is 10.5 Å². The summed E-state index contributed by atoms with van der Waals surface area (Å²) < 4.78 is 7.36. The summed E-state index contributed by atoms with van der Waals surface area (Å²) in [6, 6.07) is 0. The van der Waals surface area contributed by atoms with Crippen LogP contribution >= 0.6 is 0 Å². The summed E-state index contributed by atoms with van der Waals surface area (Å²) in [6.07, 6.45) is 4.22. The SMILES string of the molecule is Cn1cc(C2CCC(CN)O2)nn1. The minimum absolute atomic E-state index is 0.0993. The molecule has 2 rings (SSSR count). The lowest BCUT2D eigenvalue weighted by Crippen LogP contribution is -2.18. The standard InChI is InChI=1S/C8H14N4O/c1-12-5-7(10-11-12)8-3-2-6(4-9)13-8/h5-6,8H,2-4,9H2,1H3. The quantitative estimate of drug-likeness (QED) is 0.698. The number of rotatable bonds is 2. The molecule has 0 aliphatic carbocycles. The van der Waals surface area contributed by atoms with Crippen LogP contribution in [-0.4, -0.2) is 27.6 Å². The Bertz CT molecular complexity index is 285. The van der Waals surface area contributed by atoms with Gasteiger partial charge in [-0.1, -0.05) is 5.21 Å². The van der Waals surface area contributed by atoms with Crippen LogP contribution in [0.4, 0.5) is 0 Å². The van der Waals surface area contributed by atoms with E-state index in [1.807, 2.05) is 13.2 Å². The van der Waals surface area contributed by atoms with Gasteiger partial charge in [0.1, 0.15) is 11.8 Å². The van der Waals surface area contributed by atoms with Crippen LogP contribution in [0.25, 0.3) is 0 Å². The third kappa shape index (κ3) is 1.71. The van der Waals surface area contributed by atoms with Gasteiger partial charge in [-0.2, -0.15) is 0 Å². The van der Waals surface area contributed by atoms with E-state index in [0.717, 1.165) is 18.5 Å². The molecule has 2 heterocycles. The minimum Gasteiger partial charge on any atom is -0.367 e. The molecular weight excluding hydrogens is 168 g/mol. The second kappa shape index (κ2) is 3.43. The number of ether oxygens (including phenoxy) is 1. The normalized spacial score (nSPS) is 28.2. The van der Waals surface area contributed by atoms with Crippen LogP contribution in [-0.2, 0) is 11.8 Å². The Morgan fingerprint density at radius 2 is 2.54 bits per heavy atom. The van der Waals surface area contributed by atoms with Gasteiger partial charge in [-0.25, -0.2) is 0 Å². The van der Waals surface area contributed by atoms with E-state index in [4.69, 9.17) is 10.5 Å². The molecule has 1 aromatic heterocycles. The minimum atomic E-state index is 0.0993. The van der Waals surface area contributed by atoms with Crippen LogP contribution < -0.4 is 5.73 Å². The fourth-order valence-corrected chi connectivity index (χ4v) is 1.61. The van der Waals surface area contributed by atoms with Crippen molar-refractivity contribution < 1.29 is 4.74 Å². The van der Waals surface area contributed by atoms with Gasteiger partial charge >= 0.3 is 0 Å². The highest BCUT2D eigenvalue weighted by atomic mass is 16.5. The molecule has 2 unspecified atom stereocenters. The Morgan fingerprint density at radius 1 is 1.69 bits per heavy atom. The number of nitrogens with zero attached hydrogens (tertiary/aromatic N) is 3. The van der Waals surface area contributed by atoms with Gasteiger partial charge in [0.05, 0.1) is 12.3 Å². The lowest BCUT2D eigenvalue weighted by atomic mass is 10.1. The van der Waals surface area contributed by atoms with Crippen LogP contribution in [0.2, 0.25) is 0 Å². The lowest BCUT2D eigenvalue weighted by molar-refractivity contribution is 0.0473. The third-order valence-electron chi connectivity index (χ3n) is 2.32. The van der Waals surface area contributed by atoms with Crippen LogP contribution in [0.3, 0.4) is 0 Å². The molecule has 5 nitrogen and oxygen atoms in total. The molecule has 0 spiro atoms. The van der Waals surface area contributed by atoms with Crippen molar-refractivity contribution in [3.8, 4) is 0 Å². The van der Waals surface area contributed by atoms with E-state index in [1.54, 1.807) is 4.68 Å². The maximum atomic E-state index is 5.67. The van der Waals surface area contributed by atoms with E-state index in [9.17, 15) is 0 Å². The summed E-state index contributed by atoms with van der Waals surface area (Å²) in [5.41, 5.74) is 6.43. The third-order valence-corrected chi connectivity index (χ3v) is 2.32. The molecule has 1 aliphatic rings. The van der Waals surface area contributed by atoms with Crippen LogP contribution in [0, 0.1) is 0 Å². The van der Waals surface area contributed by atoms with E-state index in [2.05, 4.69) is 10.3 Å². The van der Waals surface area contributed by atoms with E-state index in [1.165, 1.54) is 0 Å². The van der Waals surface area contributed by atoms with Crippen LogP contribution in [0.5, 0.6) is 0 Å². The summed E-state index contributed by atoms with van der Waals surface area (Å²) in [5.74, 6) is 0. The average molecular weight is 182 g/mol. The fourth-order valence-electron chi connectivity index (χ4n) is 1.61. The number of hydrogen-bond donors (Lipinski definition) is 1. The van der Waals surface area contributed by atoms with Gasteiger partial charge in [0.2, 0.25) is 0 Å². The van der Waals surface area contributed by atoms with Crippen molar-refractivity contribution in [1.82, 2.24) is 15.0 Å². The van der Waals surface area contributed by atoms with E-state index in [0.29, 0.717) is 6.54 Å². The number of aryl methyl sites for hydroxylation is 1. The molecule has 0 aromatic carbocycles. The Hall–Kier alpha value is -0.940. The molecule has 0 radical (unpaired) electrons. The van der Waals surface area contributed by atoms with Gasteiger partial charge in [0, 0.05) is 13.6 Å². The summed E-state index contributed by atoms with van der Waals surface area (Å²) in [7, 11) is 1.85. The molecule has 0 amide bonds. The predicted molar refractivity (Wildman–Crippen MR) is 46.9 cm³/mol. The number of nitrogens with two attached hydrogens (primary N) is 1. The molecule has 72 valence electrons. The van der Waals surface area contributed by atoms with Crippen molar-refractivity contribution in [3.05, 3.63) is 11.9 Å². The van der Waals surface area contributed by atoms with Gasteiger partial charge in [0.25, 0.3) is 0 Å². The van der Waals surface area contributed by atoms with Crippen LogP contribution in [0.15, 0.2) is 6.20 Å². The molecule has 13 heavy (non-hydrogen) atoms. The molecule has 5 heteroatoms. The highest BCUT2D eigenvalue weighted by Gasteiger charge is 2.27. The van der Waals surface area contributed by atoms with Gasteiger partial charge in [-0.15, -0.1) is 5.10 Å². The van der Waals surface area contributed by atoms with E-state index in [-0.39, 0.29) is 12.2 Å². The number of aromatic nitrogens is 3. The van der Waals surface area contributed by atoms with Crippen LogP contribution in [0.1, 0.15) is 24.6 Å². The maximum absolute atomic E-state index is 5.67. The van der Waals surface area contributed by atoms with Crippen molar-refractivity contribution in [2.75, 3.05) is 6.54 Å². The Morgan fingerprint density at radius 3 is 3.08 bits per heavy atom. The Balaban J connectivity index is 2.03. The summed E-state index contributed by atoms with van der Waals surface area (Å²) in [6.45, 7) is 0.594. The maximum Gasteiger partial charge on any atom is 0.111 e. The molecular formula is C8H14N4O. The summed E-state index contributed by atoms with van der Waals surface area (Å²) in [4.78, 5) is 0. The largest absolute Gasteiger partial charge is 0.367 e. The smallest absolute Gasteiger partial charge is 0.111 e. The second-order valence-corrected chi connectivity index (χ2v) is 3.38. The van der Waals surface area contributed by atoms with Crippen molar-refractivity contribution in [3.63, 3.8) is 0 Å². The van der Waals surface area contributed by atoms with Crippen molar-refractivity contribution >= 4 is 0 Å². The van der Waals surface area contributed by atoms with E-state index >= 15 is 0 Å². The predicted octanol–water partition coefficient (Wildman–Crippen LogP) is -0.00610. The molecule has 2 atom stereocenters. The first-order chi connectivity index (χ1) is 6.29. The Labute approximate surface area is 76.9 Å². The first-order valence-corrected chi connectivity index (χ1v) is 4.51. The molecule has 0 bridgehead atoms. The second-order valence-electron chi connectivity index (χ2n) is 3.38. The zero-order valence-corrected chi connectivity index (χ0v) is 7.68. The highest BCUT2D eigenvalue weighted by molar-refractivity contribution is 5.00. The zero-order valence-electron chi connectivity index (χ0n) is 7.68.